The molecule has 0 fully saturated rings. The van der Waals surface area contributed by atoms with Crippen LogP contribution in [0.5, 0.6) is 5.75 Å². The van der Waals surface area contributed by atoms with Gasteiger partial charge in [-0.2, -0.15) is 0 Å². The van der Waals surface area contributed by atoms with Crippen LogP contribution in [-0.4, -0.2) is 14.2 Å². The van der Waals surface area contributed by atoms with Crippen LogP contribution in [0.3, 0.4) is 0 Å². The molecule has 0 radical (unpaired) electrons. The third-order valence-corrected chi connectivity index (χ3v) is 3.84. The molecule has 0 amide bonds. The summed E-state index contributed by atoms with van der Waals surface area (Å²) in [5.41, 5.74) is 3.79. The van der Waals surface area contributed by atoms with Gasteiger partial charge in [0.15, 0.2) is 0 Å². The second-order valence-electron chi connectivity index (χ2n) is 3.99. The van der Waals surface area contributed by atoms with Crippen molar-refractivity contribution in [3.05, 3.63) is 40.8 Å². The third-order valence-electron chi connectivity index (χ3n) is 2.77. The number of rotatable bonds is 4. The van der Waals surface area contributed by atoms with Crippen molar-refractivity contribution in [2.75, 3.05) is 14.2 Å². The Morgan fingerprint density at radius 2 is 2.12 bits per heavy atom. The van der Waals surface area contributed by atoms with E-state index in [-0.39, 0.29) is 0 Å². The lowest BCUT2D eigenvalue weighted by Crippen LogP contribution is -2.06. The molecule has 90 valence electrons. The minimum absolute atomic E-state index is 0.821. The van der Waals surface area contributed by atoms with Gasteiger partial charge >= 0.3 is 0 Å². The van der Waals surface area contributed by atoms with E-state index in [1.54, 1.807) is 18.4 Å². The van der Waals surface area contributed by atoms with E-state index in [9.17, 15) is 0 Å². The van der Waals surface area contributed by atoms with Gasteiger partial charge in [0.2, 0.25) is 0 Å². The average Bonchev–Trinajstić information content (AvgIpc) is 2.76. The van der Waals surface area contributed by atoms with Crippen LogP contribution in [0.15, 0.2) is 29.6 Å². The maximum Gasteiger partial charge on any atom is 0.123 e. The Labute approximate surface area is 106 Å². The second-order valence-corrected chi connectivity index (χ2v) is 4.91. The molecule has 2 aromatic rings. The number of aryl methyl sites for hydroxylation is 1. The normalized spacial score (nSPS) is 10.5. The van der Waals surface area contributed by atoms with Crippen LogP contribution in [0.4, 0.5) is 0 Å². The summed E-state index contributed by atoms with van der Waals surface area (Å²) in [5.74, 6) is 0.942. The predicted octanol–water partition coefficient (Wildman–Crippen LogP) is 3.45. The zero-order valence-electron chi connectivity index (χ0n) is 10.4. The quantitative estimate of drug-likeness (QED) is 0.893. The molecule has 1 N–H and O–H groups in total. The number of nitrogens with one attached hydrogen (secondary N) is 1. The molecule has 0 aliphatic rings. The Hall–Kier alpha value is -1.32. The van der Waals surface area contributed by atoms with E-state index in [4.69, 9.17) is 4.74 Å². The molecule has 0 atom stereocenters. The molecule has 2 nitrogen and oxygen atoms in total. The van der Waals surface area contributed by atoms with Crippen molar-refractivity contribution in [3.63, 3.8) is 0 Å². The monoisotopic (exact) mass is 247 g/mol. The van der Waals surface area contributed by atoms with E-state index in [0.29, 0.717) is 0 Å². The van der Waals surface area contributed by atoms with Crippen molar-refractivity contribution in [3.8, 4) is 16.2 Å². The minimum Gasteiger partial charge on any atom is -0.496 e. The van der Waals surface area contributed by atoms with Gasteiger partial charge in [0.05, 0.1) is 7.11 Å². The molecule has 0 saturated heterocycles. The summed E-state index contributed by atoms with van der Waals surface area (Å²) in [6.45, 7) is 2.97. The van der Waals surface area contributed by atoms with Crippen LogP contribution in [-0.2, 0) is 6.54 Å². The van der Waals surface area contributed by atoms with Crippen molar-refractivity contribution in [2.24, 2.45) is 0 Å². The fraction of sp³-hybridized carbons (Fsp3) is 0.286. The Kier molecular flexibility index (Phi) is 3.82. The number of thiophene rings is 1. The van der Waals surface area contributed by atoms with Crippen LogP contribution in [0.2, 0.25) is 0 Å². The highest BCUT2D eigenvalue weighted by molar-refractivity contribution is 7.13. The predicted molar refractivity (Wildman–Crippen MR) is 73.8 cm³/mol. The molecule has 0 unspecified atom stereocenters. The number of hydrogen-bond donors (Lipinski definition) is 1. The molecular formula is C14H17NOS. The Morgan fingerprint density at radius 1 is 1.29 bits per heavy atom. The lowest BCUT2D eigenvalue weighted by molar-refractivity contribution is 0.408. The molecule has 1 aromatic heterocycles. The van der Waals surface area contributed by atoms with E-state index in [2.05, 4.69) is 35.8 Å². The van der Waals surface area contributed by atoms with Gasteiger partial charge in [-0.1, -0.05) is 0 Å². The first-order chi connectivity index (χ1) is 8.26. The molecule has 0 aliphatic carbocycles. The van der Waals surface area contributed by atoms with Crippen LogP contribution in [0, 0.1) is 6.92 Å². The van der Waals surface area contributed by atoms with Gasteiger partial charge in [-0.15, -0.1) is 11.3 Å². The molecule has 0 spiro atoms. The van der Waals surface area contributed by atoms with Gasteiger partial charge in [-0.25, -0.2) is 0 Å². The van der Waals surface area contributed by atoms with Gasteiger partial charge in [0.1, 0.15) is 5.75 Å². The number of hydrogen-bond acceptors (Lipinski definition) is 3. The van der Waals surface area contributed by atoms with Crippen molar-refractivity contribution < 1.29 is 4.74 Å². The second kappa shape index (κ2) is 5.34. The summed E-state index contributed by atoms with van der Waals surface area (Å²) >= 11 is 1.78. The SMILES string of the molecule is CNCc1cc(-c2sccc2C)ccc1OC. The molecular weight excluding hydrogens is 230 g/mol. The van der Waals surface area contributed by atoms with Gasteiger partial charge < -0.3 is 10.1 Å². The Morgan fingerprint density at radius 3 is 2.71 bits per heavy atom. The number of methoxy groups -OCH3 is 1. The molecule has 0 aliphatic heterocycles. The van der Waals surface area contributed by atoms with Crippen molar-refractivity contribution in [2.45, 2.75) is 13.5 Å². The van der Waals surface area contributed by atoms with Crippen LogP contribution < -0.4 is 10.1 Å². The average molecular weight is 247 g/mol. The molecule has 17 heavy (non-hydrogen) atoms. The van der Waals surface area contributed by atoms with Crippen LogP contribution in [0.1, 0.15) is 11.1 Å². The van der Waals surface area contributed by atoms with Gasteiger partial charge in [0.25, 0.3) is 0 Å². The molecule has 3 heteroatoms. The Balaban J connectivity index is 2.43. The van der Waals surface area contributed by atoms with Gasteiger partial charge in [-0.3, -0.25) is 0 Å². The summed E-state index contributed by atoms with van der Waals surface area (Å²) in [7, 11) is 3.66. The summed E-state index contributed by atoms with van der Waals surface area (Å²) in [6.07, 6.45) is 0. The van der Waals surface area contributed by atoms with Crippen LogP contribution >= 0.6 is 11.3 Å². The zero-order valence-corrected chi connectivity index (χ0v) is 11.2. The topological polar surface area (TPSA) is 21.3 Å². The highest BCUT2D eigenvalue weighted by Gasteiger charge is 2.07. The lowest BCUT2D eigenvalue weighted by Gasteiger charge is -2.10. The minimum atomic E-state index is 0.821. The summed E-state index contributed by atoms with van der Waals surface area (Å²) in [5, 5.41) is 5.30. The molecule has 0 bridgehead atoms. The van der Waals surface area contributed by atoms with E-state index >= 15 is 0 Å². The summed E-state index contributed by atoms with van der Waals surface area (Å²) in [4.78, 5) is 1.34. The van der Waals surface area contributed by atoms with Crippen molar-refractivity contribution in [1.82, 2.24) is 5.32 Å². The molecule has 0 saturated carbocycles. The van der Waals surface area contributed by atoms with E-state index < -0.39 is 0 Å². The molecule has 1 heterocycles. The summed E-state index contributed by atoms with van der Waals surface area (Å²) < 4.78 is 5.36. The first-order valence-electron chi connectivity index (χ1n) is 5.62. The fourth-order valence-electron chi connectivity index (χ4n) is 1.92. The maximum atomic E-state index is 5.36. The highest BCUT2D eigenvalue weighted by atomic mass is 32.1. The lowest BCUT2D eigenvalue weighted by atomic mass is 10.1. The number of ether oxygens (including phenoxy) is 1. The van der Waals surface area contributed by atoms with Gasteiger partial charge in [0, 0.05) is 17.0 Å². The standard InChI is InChI=1S/C14H17NOS/c1-10-6-7-17-14(10)11-4-5-13(16-3)12(8-11)9-15-2/h4-8,15H,9H2,1-3H3. The Bertz CT molecular complexity index is 505. The first kappa shape index (κ1) is 12.1. The van der Waals surface area contributed by atoms with E-state index in [1.165, 1.54) is 21.6 Å². The van der Waals surface area contributed by atoms with E-state index in [0.717, 1.165) is 12.3 Å². The molecule has 1 aromatic carbocycles. The third kappa shape index (κ3) is 2.51. The largest absolute Gasteiger partial charge is 0.496 e. The summed E-state index contributed by atoms with van der Waals surface area (Å²) in [6, 6.07) is 8.52. The van der Waals surface area contributed by atoms with Crippen molar-refractivity contribution in [1.29, 1.82) is 0 Å². The van der Waals surface area contributed by atoms with E-state index in [1.807, 2.05) is 13.1 Å². The highest BCUT2D eigenvalue weighted by Crippen LogP contribution is 2.32. The maximum absolute atomic E-state index is 5.36. The smallest absolute Gasteiger partial charge is 0.123 e. The number of benzene rings is 1. The first-order valence-corrected chi connectivity index (χ1v) is 6.50. The van der Waals surface area contributed by atoms with Gasteiger partial charge in [-0.05, 0) is 54.7 Å². The fourth-order valence-corrected chi connectivity index (χ4v) is 2.84. The molecule has 2 rings (SSSR count). The van der Waals surface area contributed by atoms with Crippen molar-refractivity contribution >= 4 is 11.3 Å². The zero-order chi connectivity index (χ0) is 12.3. The van der Waals surface area contributed by atoms with Crippen LogP contribution in [0.25, 0.3) is 10.4 Å².